The van der Waals surface area contributed by atoms with Crippen LogP contribution in [0.4, 0.5) is 0 Å². The zero-order chi connectivity index (χ0) is 29.3. The number of ether oxygens (including phenoxy) is 8. The molecule has 248 valence electrons. The fraction of sp³-hybridized carbons (Fsp3) is 0.692. The molecule has 0 radical (unpaired) electrons. The van der Waals surface area contributed by atoms with E-state index in [4.69, 9.17) is 0 Å². The minimum absolute atomic E-state index is 0. The summed E-state index contributed by atoms with van der Waals surface area (Å²) in [6.07, 6.45) is -0.833. The van der Waals surface area contributed by atoms with Gasteiger partial charge in [0.25, 0.3) is 0 Å². The molecule has 0 saturated heterocycles. The molecule has 16 heteroatoms. The molecule has 0 rings (SSSR count). The van der Waals surface area contributed by atoms with E-state index in [1.165, 1.54) is 0 Å². The Bertz CT molecular complexity index is 774. The van der Waals surface area contributed by atoms with Gasteiger partial charge in [-0.2, -0.15) is 0 Å². The molecule has 0 N–H and O–H groups in total. The van der Waals surface area contributed by atoms with Crippen LogP contribution in [0.3, 0.4) is 0 Å². The van der Waals surface area contributed by atoms with Gasteiger partial charge in [-0.1, -0.05) is 43.6 Å². The predicted octanol–water partition coefficient (Wildman–Crippen LogP) is 2.42. The molecule has 0 amide bonds. The second-order valence-electron chi connectivity index (χ2n) is 6.29. The predicted molar refractivity (Wildman–Crippen MR) is 146 cm³/mol. The van der Waals surface area contributed by atoms with E-state index in [1.807, 2.05) is 0 Å². The topological polar surface area (TPSA) is 210 Å². The molecule has 16 nitrogen and oxygen atoms in total. The van der Waals surface area contributed by atoms with Gasteiger partial charge in [0.1, 0.15) is 12.8 Å². The molecule has 0 heterocycles. The van der Waals surface area contributed by atoms with Gasteiger partial charge in [-0.05, 0) is 13.8 Å². The Kier molecular flexibility index (Phi) is 39.7. The molecular formula is C26H48O16. The van der Waals surface area contributed by atoms with Crippen molar-refractivity contribution in [1.82, 2.24) is 0 Å². The van der Waals surface area contributed by atoms with Crippen molar-refractivity contribution in [3.63, 3.8) is 0 Å². The third kappa shape index (κ3) is 33.8. The molecule has 0 bridgehead atoms. The van der Waals surface area contributed by atoms with Gasteiger partial charge in [0.2, 0.25) is 13.6 Å². The van der Waals surface area contributed by atoms with Gasteiger partial charge in [0.05, 0.1) is 13.2 Å². The van der Waals surface area contributed by atoms with Gasteiger partial charge in [-0.15, -0.1) is 0 Å². The summed E-state index contributed by atoms with van der Waals surface area (Å²) in [5.74, 6) is -6.05. The van der Waals surface area contributed by atoms with Crippen molar-refractivity contribution in [2.45, 2.75) is 83.1 Å². The number of carbonyl (C=O) groups is 8. The van der Waals surface area contributed by atoms with Gasteiger partial charge in [0, 0.05) is 12.8 Å². The number of hydrogen-bond donors (Lipinski definition) is 0. The van der Waals surface area contributed by atoms with Crippen molar-refractivity contribution in [3.8, 4) is 0 Å². The number of carbonyl (C=O) groups excluding carboxylic acids is 8. The minimum atomic E-state index is -0.887. The molecule has 0 aromatic rings. The number of rotatable bonds is 16. The third-order valence-corrected chi connectivity index (χ3v) is 3.35. The van der Waals surface area contributed by atoms with Crippen molar-refractivity contribution in [2.75, 3.05) is 40.0 Å². The van der Waals surface area contributed by atoms with Gasteiger partial charge in [0.15, 0.2) is 13.2 Å². The normalized spacial score (nSPS) is 8.48. The molecule has 0 atom stereocenters. The maximum atomic E-state index is 11.0. The van der Waals surface area contributed by atoms with Crippen LogP contribution in [0.5, 0.6) is 0 Å². The minimum Gasteiger partial charge on any atom is -0.466 e. The van der Waals surface area contributed by atoms with E-state index in [-0.39, 0.29) is 55.8 Å². The highest BCUT2D eigenvalue weighted by Crippen LogP contribution is 1.95. The highest BCUT2D eigenvalue weighted by atomic mass is 16.7. The van der Waals surface area contributed by atoms with Crippen LogP contribution in [0.25, 0.3) is 0 Å². The Hall–Kier alpha value is -4.24. The second-order valence-corrected chi connectivity index (χ2v) is 6.29. The highest BCUT2D eigenvalue weighted by molar-refractivity contribution is 5.92. The van der Waals surface area contributed by atoms with Crippen LogP contribution in [-0.2, 0) is 76.3 Å². The van der Waals surface area contributed by atoms with Crippen molar-refractivity contribution < 1.29 is 76.3 Å². The van der Waals surface area contributed by atoms with Crippen LogP contribution >= 0.6 is 0 Å². The molecule has 0 aromatic carbocycles. The maximum Gasteiger partial charge on any atom is 0.347 e. The van der Waals surface area contributed by atoms with E-state index >= 15 is 0 Å². The summed E-state index contributed by atoms with van der Waals surface area (Å²) >= 11 is 0. The second kappa shape index (κ2) is 33.0. The quantitative estimate of drug-likeness (QED) is 0.105. The summed E-state index contributed by atoms with van der Waals surface area (Å²) in [6, 6.07) is 0. The molecule has 0 aliphatic heterocycles. The molecule has 42 heavy (non-hydrogen) atoms. The van der Waals surface area contributed by atoms with E-state index < -0.39 is 87.4 Å². The van der Waals surface area contributed by atoms with Crippen molar-refractivity contribution in [2.24, 2.45) is 0 Å². The zero-order valence-corrected chi connectivity index (χ0v) is 21.6. The van der Waals surface area contributed by atoms with Crippen molar-refractivity contribution >= 4 is 47.8 Å². The molecule has 0 aliphatic carbocycles. The third-order valence-electron chi connectivity index (χ3n) is 3.35. The SMILES string of the molecule is C.C.C.C.CCC(=O)OCOC(=O)COC(=O)COC(=O)CC.CCOC(=O)CC(=O)OCOC(=O)CC(=O)OCC. The van der Waals surface area contributed by atoms with Crippen LogP contribution in [0.2, 0.25) is 0 Å². The lowest BCUT2D eigenvalue weighted by Crippen LogP contribution is -2.22. The lowest BCUT2D eigenvalue weighted by atomic mass is 10.4. The fourth-order valence-corrected chi connectivity index (χ4v) is 1.65. The lowest BCUT2D eigenvalue weighted by molar-refractivity contribution is -0.175. The average molecular weight is 617 g/mol. The first-order valence-corrected chi connectivity index (χ1v) is 11.2. The monoisotopic (exact) mass is 616 g/mol. The molecular weight excluding hydrogens is 568 g/mol. The van der Waals surface area contributed by atoms with Crippen molar-refractivity contribution in [3.05, 3.63) is 0 Å². The Labute approximate surface area is 247 Å². The smallest absolute Gasteiger partial charge is 0.347 e. The molecule has 0 fully saturated rings. The van der Waals surface area contributed by atoms with E-state index in [2.05, 4.69) is 37.9 Å². The summed E-state index contributed by atoms with van der Waals surface area (Å²) < 4.78 is 35.7. The Morgan fingerprint density at radius 2 is 0.619 bits per heavy atom. The zero-order valence-electron chi connectivity index (χ0n) is 21.6. The van der Waals surface area contributed by atoms with Crippen molar-refractivity contribution in [1.29, 1.82) is 0 Å². The highest BCUT2D eigenvalue weighted by Gasteiger charge is 2.15. The molecule has 0 saturated carbocycles. The van der Waals surface area contributed by atoms with E-state index in [0.29, 0.717) is 0 Å². The first-order valence-electron chi connectivity index (χ1n) is 11.2. The first-order chi connectivity index (χ1) is 18.0. The first kappa shape index (κ1) is 50.6. The van der Waals surface area contributed by atoms with Crippen LogP contribution in [0, 0.1) is 0 Å². The Morgan fingerprint density at radius 1 is 0.357 bits per heavy atom. The molecule has 0 unspecified atom stereocenters. The molecule has 0 spiro atoms. The molecule has 0 aromatic heterocycles. The van der Waals surface area contributed by atoms with E-state index in [0.717, 1.165) is 0 Å². The summed E-state index contributed by atoms with van der Waals surface area (Å²) in [6.45, 7) is 4.25. The number of hydrogen-bond acceptors (Lipinski definition) is 16. The van der Waals surface area contributed by atoms with Gasteiger partial charge in [-0.3, -0.25) is 28.8 Å². The van der Waals surface area contributed by atoms with Crippen LogP contribution in [-0.4, -0.2) is 87.8 Å². The summed E-state index contributed by atoms with van der Waals surface area (Å²) in [4.78, 5) is 87.2. The standard InChI is InChI=1S/2C11H16O8.4CH4/c1-3-16-8(12)5-10(14)18-7-19-11(15)6-9(13)17-4-2;1-3-8(12)16-5-10(14)17-6-11(15)19-7-18-9(13)4-2;;;;/h2*3-7H2,1-2H3;4*1H4. The van der Waals surface area contributed by atoms with Gasteiger partial charge < -0.3 is 37.9 Å². The van der Waals surface area contributed by atoms with Gasteiger partial charge >= 0.3 is 47.8 Å². The maximum absolute atomic E-state index is 11.0. The summed E-state index contributed by atoms with van der Waals surface area (Å²) in [5, 5.41) is 0. The number of esters is 8. The Balaban J connectivity index is -0.000000141. The average Bonchev–Trinajstić information content (AvgIpc) is 2.86. The largest absolute Gasteiger partial charge is 0.466 e. The Morgan fingerprint density at radius 3 is 0.976 bits per heavy atom. The summed E-state index contributed by atoms with van der Waals surface area (Å²) in [5.41, 5.74) is 0. The van der Waals surface area contributed by atoms with Gasteiger partial charge in [-0.25, -0.2) is 9.59 Å². The fourth-order valence-electron chi connectivity index (χ4n) is 1.65. The lowest BCUT2D eigenvalue weighted by Gasteiger charge is -2.06. The van der Waals surface area contributed by atoms with Crippen LogP contribution in [0.15, 0.2) is 0 Å². The van der Waals surface area contributed by atoms with Crippen LogP contribution in [0.1, 0.15) is 83.1 Å². The van der Waals surface area contributed by atoms with E-state index in [9.17, 15) is 38.4 Å². The van der Waals surface area contributed by atoms with Crippen LogP contribution < -0.4 is 0 Å². The molecule has 0 aliphatic rings. The van der Waals surface area contributed by atoms with E-state index in [1.54, 1.807) is 27.7 Å². The summed E-state index contributed by atoms with van der Waals surface area (Å²) in [7, 11) is 0.